The molecule has 134 valence electrons. The van der Waals surface area contributed by atoms with Crippen molar-refractivity contribution >= 4 is 11.6 Å². The van der Waals surface area contributed by atoms with Gasteiger partial charge in [0.2, 0.25) is 5.75 Å². The van der Waals surface area contributed by atoms with Crippen LogP contribution in [0.1, 0.15) is 42.6 Å². The summed E-state index contributed by atoms with van der Waals surface area (Å²) in [5, 5.41) is 0.737. The predicted octanol–water partition coefficient (Wildman–Crippen LogP) is 5.35. The minimum Gasteiger partial charge on any atom is -0.493 e. The Balaban J connectivity index is 1.87. The normalized spacial score (nSPS) is 20.2. The highest BCUT2D eigenvalue weighted by Gasteiger charge is 2.27. The van der Waals surface area contributed by atoms with E-state index in [4.69, 9.17) is 30.5 Å². The molecule has 2 aromatic rings. The number of methoxy groups -OCH3 is 3. The van der Waals surface area contributed by atoms with Gasteiger partial charge in [-0.3, -0.25) is 0 Å². The first-order chi connectivity index (χ1) is 12.2. The maximum absolute atomic E-state index is 6.38. The van der Waals surface area contributed by atoms with Crippen LogP contribution < -0.4 is 14.2 Å². The van der Waals surface area contributed by atoms with Gasteiger partial charge in [0.15, 0.2) is 11.5 Å². The fraction of sp³-hybridized carbons (Fsp3) is 0.400. The van der Waals surface area contributed by atoms with Crippen LogP contribution in [0.2, 0.25) is 5.02 Å². The van der Waals surface area contributed by atoms with E-state index < -0.39 is 0 Å². The van der Waals surface area contributed by atoms with Crippen LogP contribution in [-0.2, 0) is 4.74 Å². The molecule has 2 unspecified atom stereocenters. The Kier molecular flexibility index (Phi) is 5.71. The molecule has 0 bridgehead atoms. The fourth-order valence-corrected chi connectivity index (χ4v) is 3.40. The van der Waals surface area contributed by atoms with Gasteiger partial charge >= 0.3 is 0 Å². The molecule has 0 radical (unpaired) electrons. The predicted molar refractivity (Wildman–Crippen MR) is 98.0 cm³/mol. The largest absolute Gasteiger partial charge is 0.493 e. The Morgan fingerprint density at radius 3 is 1.92 bits per heavy atom. The van der Waals surface area contributed by atoms with E-state index in [0.717, 1.165) is 35.4 Å². The summed E-state index contributed by atoms with van der Waals surface area (Å²) >= 11 is 5.99. The van der Waals surface area contributed by atoms with Gasteiger partial charge < -0.3 is 18.9 Å². The van der Waals surface area contributed by atoms with E-state index in [1.165, 1.54) is 0 Å². The zero-order valence-corrected chi connectivity index (χ0v) is 15.5. The van der Waals surface area contributed by atoms with Crippen molar-refractivity contribution in [3.8, 4) is 17.2 Å². The molecule has 4 nitrogen and oxygen atoms in total. The molecular weight excluding hydrogens is 340 g/mol. The topological polar surface area (TPSA) is 36.9 Å². The molecule has 2 atom stereocenters. The van der Waals surface area contributed by atoms with Gasteiger partial charge in [-0.25, -0.2) is 0 Å². The summed E-state index contributed by atoms with van der Waals surface area (Å²) in [4.78, 5) is 0. The molecule has 0 N–H and O–H groups in total. The van der Waals surface area contributed by atoms with Gasteiger partial charge in [0.1, 0.15) is 0 Å². The molecule has 25 heavy (non-hydrogen) atoms. The average molecular weight is 363 g/mol. The summed E-state index contributed by atoms with van der Waals surface area (Å²) in [5.74, 6) is 1.89. The van der Waals surface area contributed by atoms with E-state index in [0.29, 0.717) is 17.2 Å². The van der Waals surface area contributed by atoms with Crippen LogP contribution in [0.25, 0.3) is 0 Å². The number of rotatable bonds is 5. The molecular formula is C20H23ClO4. The van der Waals surface area contributed by atoms with Crippen LogP contribution in [0.5, 0.6) is 17.2 Å². The maximum Gasteiger partial charge on any atom is 0.203 e. The van der Waals surface area contributed by atoms with E-state index in [-0.39, 0.29) is 12.2 Å². The van der Waals surface area contributed by atoms with Crippen LogP contribution in [0.15, 0.2) is 36.4 Å². The maximum atomic E-state index is 6.38. The van der Waals surface area contributed by atoms with Crippen molar-refractivity contribution in [2.45, 2.75) is 31.5 Å². The van der Waals surface area contributed by atoms with E-state index in [9.17, 15) is 0 Å². The van der Waals surface area contributed by atoms with Gasteiger partial charge in [0.05, 0.1) is 33.5 Å². The van der Waals surface area contributed by atoms with E-state index >= 15 is 0 Å². The highest BCUT2D eigenvalue weighted by atomic mass is 35.5. The average Bonchev–Trinajstić information content (AvgIpc) is 2.67. The Labute approximate surface area is 153 Å². The second kappa shape index (κ2) is 7.98. The third-order valence-corrected chi connectivity index (χ3v) is 4.81. The Morgan fingerprint density at radius 1 is 0.840 bits per heavy atom. The highest BCUT2D eigenvalue weighted by Crippen LogP contribution is 2.44. The van der Waals surface area contributed by atoms with Crippen LogP contribution in [0.3, 0.4) is 0 Å². The second-order valence-electron chi connectivity index (χ2n) is 6.05. The molecule has 1 heterocycles. The second-order valence-corrected chi connectivity index (χ2v) is 6.49. The molecule has 2 aromatic carbocycles. The highest BCUT2D eigenvalue weighted by molar-refractivity contribution is 6.30. The minimum atomic E-state index is -0.0110. The minimum absolute atomic E-state index is 0.0110. The number of halogens is 1. The molecule has 1 aliphatic rings. The fourth-order valence-electron chi connectivity index (χ4n) is 3.28. The lowest BCUT2D eigenvalue weighted by Crippen LogP contribution is -2.16. The molecule has 5 heteroatoms. The van der Waals surface area contributed by atoms with Gasteiger partial charge in [-0.1, -0.05) is 23.7 Å². The number of hydrogen-bond donors (Lipinski definition) is 0. The Hall–Kier alpha value is -1.91. The van der Waals surface area contributed by atoms with Gasteiger partial charge in [-0.05, 0) is 54.7 Å². The molecule has 0 amide bonds. The van der Waals surface area contributed by atoms with E-state index in [2.05, 4.69) is 0 Å². The summed E-state index contributed by atoms with van der Waals surface area (Å²) < 4.78 is 22.7. The summed E-state index contributed by atoms with van der Waals surface area (Å²) in [6, 6.07) is 11.8. The zero-order chi connectivity index (χ0) is 17.8. The lowest BCUT2D eigenvalue weighted by atomic mass is 9.94. The number of hydrogen-bond acceptors (Lipinski definition) is 4. The van der Waals surface area contributed by atoms with Crippen molar-refractivity contribution in [2.75, 3.05) is 21.3 Å². The summed E-state index contributed by atoms with van der Waals surface area (Å²) in [7, 11) is 4.85. The van der Waals surface area contributed by atoms with E-state index in [1.54, 1.807) is 21.3 Å². The van der Waals surface area contributed by atoms with Gasteiger partial charge in [-0.2, -0.15) is 0 Å². The van der Waals surface area contributed by atoms with Gasteiger partial charge in [-0.15, -0.1) is 0 Å². The van der Waals surface area contributed by atoms with Crippen LogP contribution in [-0.4, -0.2) is 21.3 Å². The first-order valence-corrected chi connectivity index (χ1v) is 8.75. The smallest absolute Gasteiger partial charge is 0.203 e. The third-order valence-electron chi connectivity index (χ3n) is 4.56. The van der Waals surface area contributed by atoms with Crippen LogP contribution in [0.4, 0.5) is 0 Å². The van der Waals surface area contributed by atoms with Crippen LogP contribution >= 0.6 is 11.6 Å². The Bertz CT molecular complexity index is 689. The van der Waals surface area contributed by atoms with Crippen molar-refractivity contribution in [2.24, 2.45) is 0 Å². The first-order valence-electron chi connectivity index (χ1n) is 8.37. The van der Waals surface area contributed by atoms with Crippen molar-refractivity contribution in [1.29, 1.82) is 0 Å². The SMILES string of the molecule is COc1cc(C2CCCC(c3ccc(Cl)cc3)O2)cc(OC)c1OC. The molecule has 0 aliphatic carbocycles. The van der Waals surface area contributed by atoms with Crippen molar-refractivity contribution in [1.82, 2.24) is 0 Å². The molecule has 0 aromatic heterocycles. The van der Waals surface area contributed by atoms with E-state index in [1.807, 2.05) is 36.4 Å². The molecule has 0 spiro atoms. The van der Waals surface area contributed by atoms with Gasteiger partial charge in [0, 0.05) is 5.02 Å². The molecule has 0 saturated carbocycles. The summed E-state index contributed by atoms with van der Waals surface area (Å²) in [5.41, 5.74) is 2.19. The van der Waals surface area contributed by atoms with Gasteiger partial charge in [0.25, 0.3) is 0 Å². The molecule has 1 fully saturated rings. The quantitative estimate of drug-likeness (QED) is 0.718. The summed E-state index contributed by atoms with van der Waals surface area (Å²) in [6.45, 7) is 0. The molecule has 1 aliphatic heterocycles. The van der Waals surface area contributed by atoms with Crippen molar-refractivity contribution < 1.29 is 18.9 Å². The zero-order valence-electron chi connectivity index (χ0n) is 14.8. The Morgan fingerprint density at radius 2 is 1.40 bits per heavy atom. The monoisotopic (exact) mass is 362 g/mol. The lowest BCUT2D eigenvalue weighted by Gasteiger charge is -2.31. The molecule has 3 rings (SSSR count). The third kappa shape index (κ3) is 3.86. The number of ether oxygens (including phenoxy) is 4. The molecule has 1 saturated heterocycles. The first kappa shape index (κ1) is 17.9. The standard InChI is InChI=1S/C20H23ClO4/c1-22-18-11-14(12-19(23-2)20(18)24-3)17-6-4-5-16(25-17)13-7-9-15(21)10-8-13/h7-12,16-17H,4-6H2,1-3H3. The number of benzene rings is 2. The summed E-state index contributed by atoms with van der Waals surface area (Å²) in [6.07, 6.45) is 3.11. The van der Waals surface area contributed by atoms with Crippen LogP contribution in [0, 0.1) is 0 Å². The lowest BCUT2D eigenvalue weighted by molar-refractivity contribution is -0.0536. The van der Waals surface area contributed by atoms with Crippen molar-refractivity contribution in [3.63, 3.8) is 0 Å². The van der Waals surface area contributed by atoms with Crippen molar-refractivity contribution in [3.05, 3.63) is 52.5 Å².